The molecular formula is C2CuN2-2. The van der Waals surface area contributed by atoms with Crippen molar-refractivity contribution >= 4 is 0 Å². The first-order valence-corrected chi connectivity index (χ1v) is 0.447. The summed E-state index contributed by atoms with van der Waals surface area (Å²) in [6.45, 7) is 9.50. The molecule has 0 atom stereocenters. The number of rotatable bonds is 0. The summed E-state index contributed by atoms with van der Waals surface area (Å²) in [6, 6.07) is 0. The van der Waals surface area contributed by atoms with E-state index in [0.29, 0.717) is 0 Å². The minimum atomic E-state index is 0. The van der Waals surface area contributed by atoms with Crippen LogP contribution in [-0.4, -0.2) is 0 Å². The van der Waals surface area contributed by atoms with Crippen molar-refractivity contribution in [1.29, 1.82) is 10.5 Å². The van der Waals surface area contributed by atoms with Gasteiger partial charge in [0.25, 0.3) is 0 Å². The van der Waals surface area contributed by atoms with E-state index in [0.717, 1.165) is 0 Å². The molecule has 2 nitrogen and oxygen atoms in total. The molecule has 0 aliphatic heterocycles. The number of nitrogens with zero attached hydrogens (tertiary/aromatic N) is 2. The Hall–Kier alpha value is -0.501. The Balaban J connectivity index is -0.0000000133. The van der Waals surface area contributed by atoms with Gasteiger partial charge in [-0.25, -0.2) is 0 Å². The summed E-state index contributed by atoms with van der Waals surface area (Å²) in [5, 5.41) is 12.5. The molecule has 0 aromatic carbocycles. The summed E-state index contributed by atoms with van der Waals surface area (Å²) in [5.74, 6) is 0. The minimum absolute atomic E-state index is 0. The predicted octanol–water partition coefficient (Wildman–Crippen LogP) is 0.190. The van der Waals surface area contributed by atoms with Gasteiger partial charge in [0.05, 0.1) is 0 Å². The van der Waals surface area contributed by atoms with Crippen LogP contribution in [-0.2, 0) is 17.1 Å². The van der Waals surface area contributed by atoms with Gasteiger partial charge in [0.2, 0.25) is 0 Å². The Labute approximate surface area is 41.5 Å². The maximum absolute atomic E-state index is 6.25. The fourth-order valence-electron chi connectivity index (χ4n) is 0. The number of hydrogen-bond acceptors (Lipinski definition) is 2. The molecule has 31 valence electrons. The third-order valence-corrected chi connectivity index (χ3v) is 0. The molecule has 0 bridgehead atoms. The van der Waals surface area contributed by atoms with Crippen molar-refractivity contribution < 1.29 is 17.1 Å². The van der Waals surface area contributed by atoms with E-state index in [1.54, 1.807) is 0 Å². The molecule has 0 aromatic rings. The molecule has 0 saturated heterocycles. The van der Waals surface area contributed by atoms with Gasteiger partial charge < -0.3 is 23.7 Å². The molecule has 0 N–H and O–H groups in total. The third kappa shape index (κ3) is 31.4. The largest absolute Gasteiger partial charge is 0.512 e. The molecule has 0 fully saturated rings. The van der Waals surface area contributed by atoms with Gasteiger partial charge >= 0.3 is 0 Å². The first-order valence-electron chi connectivity index (χ1n) is 0.447. The van der Waals surface area contributed by atoms with E-state index >= 15 is 0 Å². The Morgan fingerprint density at radius 2 is 0.800 bits per heavy atom. The first kappa shape index (κ1) is 24.5. The third-order valence-electron chi connectivity index (χ3n) is 0. The summed E-state index contributed by atoms with van der Waals surface area (Å²) in [4.78, 5) is 0. The van der Waals surface area contributed by atoms with Crippen molar-refractivity contribution in [3.8, 4) is 0 Å². The van der Waals surface area contributed by atoms with Crippen LogP contribution in [0.3, 0.4) is 0 Å². The summed E-state index contributed by atoms with van der Waals surface area (Å²) in [7, 11) is 0. The van der Waals surface area contributed by atoms with Crippen LogP contribution in [0.4, 0.5) is 0 Å². The van der Waals surface area contributed by atoms with Crippen LogP contribution in [0, 0.1) is 23.7 Å². The quantitative estimate of drug-likeness (QED) is 0.334. The fourth-order valence-corrected chi connectivity index (χ4v) is 0. The first-order chi connectivity index (χ1) is 2.00. The van der Waals surface area contributed by atoms with Crippen LogP contribution in [0.25, 0.3) is 0 Å². The molecule has 0 heterocycles. The van der Waals surface area contributed by atoms with E-state index in [1.165, 1.54) is 0 Å². The molecule has 0 aliphatic rings. The van der Waals surface area contributed by atoms with Crippen LogP contribution < -0.4 is 0 Å². The molecule has 0 amide bonds. The number of hydrogen-bond donors (Lipinski definition) is 0. The SMILES string of the molecule is [C-]#N.[C-]#N.[Cu]. The Bertz CT molecular complexity index is 23.1. The summed E-state index contributed by atoms with van der Waals surface area (Å²) in [5.41, 5.74) is 0. The van der Waals surface area contributed by atoms with Crippen molar-refractivity contribution in [3.05, 3.63) is 13.1 Å². The average molecular weight is 116 g/mol. The molecule has 0 rings (SSSR count). The maximum Gasteiger partial charge on any atom is 0 e. The molecule has 1 radical (unpaired) electrons. The second kappa shape index (κ2) is 87.3. The van der Waals surface area contributed by atoms with E-state index < -0.39 is 0 Å². The topological polar surface area (TPSA) is 47.6 Å². The van der Waals surface area contributed by atoms with Gasteiger partial charge in [-0.1, -0.05) is 0 Å². The van der Waals surface area contributed by atoms with Gasteiger partial charge in [0, 0.05) is 17.1 Å². The summed E-state index contributed by atoms with van der Waals surface area (Å²) in [6.07, 6.45) is 0. The normalized spacial score (nSPS) is 0.800. The van der Waals surface area contributed by atoms with E-state index in [4.69, 9.17) is 23.7 Å². The van der Waals surface area contributed by atoms with E-state index in [1.807, 2.05) is 0 Å². The van der Waals surface area contributed by atoms with Crippen molar-refractivity contribution in [2.24, 2.45) is 0 Å². The average Bonchev–Trinajstić information content (AvgIpc) is 1.50. The zero-order valence-electron chi connectivity index (χ0n) is 2.20. The Morgan fingerprint density at radius 1 is 0.800 bits per heavy atom. The zero-order valence-corrected chi connectivity index (χ0v) is 3.14. The van der Waals surface area contributed by atoms with Gasteiger partial charge in [-0.3, -0.25) is 0 Å². The van der Waals surface area contributed by atoms with Gasteiger partial charge in [0.1, 0.15) is 0 Å². The van der Waals surface area contributed by atoms with Gasteiger partial charge in [-0.2, -0.15) is 0 Å². The summed E-state index contributed by atoms with van der Waals surface area (Å²) >= 11 is 0. The second-order valence-corrected chi connectivity index (χ2v) is 0. The van der Waals surface area contributed by atoms with Gasteiger partial charge in [-0.15, -0.1) is 0 Å². The second-order valence-electron chi connectivity index (χ2n) is 0. The van der Waals surface area contributed by atoms with E-state index in [-0.39, 0.29) is 17.1 Å². The molecule has 0 spiro atoms. The molecule has 0 aliphatic carbocycles. The van der Waals surface area contributed by atoms with Crippen LogP contribution >= 0.6 is 0 Å². The smallest absolute Gasteiger partial charge is 0 e. The standard InChI is InChI=1S/2CN.Cu/c2*1-2;/q2*-1;. The van der Waals surface area contributed by atoms with E-state index in [2.05, 4.69) is 0 Å². The van der Waals surface area contributed by atoms with Crippen LogP contribution in [0.1, 0.15) is 0 Å². The molecule has 0 saturated carbocycles. The van der Waals surface area contributed by atoms with Crippen molar-refractivity contribution in [1.82, 2.24) is 0 Å². The summed E-state index contributed by atoms with van der Waals surface area (Å²) < 4.78 is 0. The van der Waals surface area contributed by atoms with Crippen LogP contribution in [0.2, 0.25) is 0 Å². The fraction of sp³-hybridized carbons (Fsp3) is 0. The van der Waals surface area contributed by atoms with Crippen molar-refractivity contribution in [3.63, 3.8) is 0 Å². The maximum atomic E-state index is 6.25. The zero-order chi connectivity index (χ0) is 4.00. The Morgan fingerprint density at radius 3 is 0.800 bits per heavy atom. The van der Waals surface area contributed by atoms with Crippen molar-refractivity contribution in [2.75, 3.05) is 0 Å². The Kier molecular flexibility index (Phi) is 428. The predicted molar refractivity (Wildman–Crippen MR) is 9.94 cm³/mol. The molecule has 0 aromatic heterocycles. The monoisotopic (exact) mass is 115 g/mol. The molecule has 3 heteroatoms. The van der Waals surface area contributed by atoms with Crippen LogP contribution in [0.15, 0.2) is 0 Å². The molecule has 5 heavy (non-hydrogen) atoms. The van der Waals surface area contributed by atoms with Gasteiger partial charge in [-0.05, 0) is 0 Å². The minimum Gasteiger partial charge on any atom is -0.512 e. The molecular weight excluding hydrogens is 116 g/mol. The molecule has 0 unspecified atom stereocenters. The van der Waals surface area contributed by atoms with Crippen LogP contribution in [0.5, 0.6) is 0 Å². The van der Waals surface area contributed by atoms with Crippen molar-refractivity contribution in [2.45, 2.75) is 0 Å². The van der Waals surface area contributed by atoms with E-state index in [9.17, 15) is 0 Å². The van der Waals surface area contributed by atoms with Gasteiger partial charge in [0.15, 0.2) is 0 Å².